The molecule has 18 heteroatoms. The first-order valence-electron chi connectivity index (χ1n) is 25.8. The first-order chi connectivity index (χ1) is 36.6. The third-order valence-corrected chi connectivity index (χ3v) is 14.0. The summed E-state index contributed by atoms with van der Waals surface area (Å²) in [6, 6.07) is 21.5. The lowest BCUT2D eigenvalue weighted by Crippen LogP contribution is -2.42. The van der Waals surface area contributed by atoms with Gasteiger partial charge in [-0.1, -0.05) is 63.0 Å². The van der Waals surface area contributed by atoms with Crippen molar-refractivity contribution in [3.63, 3.8) is 0 Å². The van der Waals surface area contributed by atoms with Gasteiger partial charge in [0.1, 0.15) is 53.9 Å². The number of nitrogens with zero attached hydrogens (tertiary/aromatic N) is 6. The summed E-state index contributed by atoms with van der Waals surface area (Å²) in [5, 5.41) is 7.46. The molecule has 4 aromatic carbocycles. The van der Waals surface area contributed by atoms with Gasteiger partial charge in [0, 0.05) is 79.1 Å². The van der Waals surface area contributed by atoms with E-state index in [-0.39, 0.29) is 32.2 Å². The maximum Gasteiger partial charge on any atom is 0.407 e. The van der Waals surface area contributed by atoms with E-state index in [1.807, 2.05) is 111 Å². The van der Waals surface area contributed by atoms with Crippen molar-refractivity contribution in [1.82, 2.24) is 35.1 Å². The average molecular weight is 1100 g/mol. The van der Waals surface area contributed by atoms with Crippen LogP contribution in [-0.2, 0) is 17.8 Å². The minimum absolute atomic E-state index is 0.177. The molecular weight excluding hydrogens is 1030 g/mol. The number of likely N-dealkylation sites (N-methyl/N-ethyl adjacent to an activating group) is 2. The van der Waals surface area contributed by atoms with Gasteiger partial charge in [-0.2, -0.15) is 0 Å². The van der Waals surface area contributed by atoms with Gasteiger partial charge in [0.25, 0.3) is 0 Å². The second-order valence-corrected chi connectivity index (χ2v) is 20.3. The highest BCUT2D eigenvalue weighted by atomic mass is 35.5. The van der Waals surface area contributed by atoms with Gasteiger partial charge in [-0.25, -0.2) is 29.1 Å². The summed E-state index contributed by atoms with van der Waals surface area (Å²) in [5.41, 5.74) is 6.56. The van der Waals surface area contributed by atoms with Crippen molar-refractivity contribution in [3.8, 4) is 56.1 Å². The Kier molecular flexibility index (Phi) is 21.9. The summed E-state index contributed by atoms with van der Waals surface area (Å²) in [5.74, 6) is 2.20. The maximum atomic E-state index is 14.2. The van der Waals surface area contributed by atoms with E-state index >= 15 is 0 Å². The van der Waals surface area contributed by atoms with E-state index in [1.165, 1.54) is 56.0 Å². The van der Waals surface area contributed by atoms with Gasteiger partial charge in [-0.3, -0.25) is 0 Å². The molecule has 0 unspecified atom stereocenters. The van der Waals surface area contributed by atoms with Crippen LogP contribution in [0.1, 0.15) is 70.9 Å². The van der Waals surface area contributed by atoms with Crippen molar-refractivity contribution >= 4 is 56.5 Å². The fourth-order valence-corrected chi connectivity index (χ4v) is 9.82. The number of piperazine rings is 1. The highest BCUT2D eigenvalue weighted by Gasteiger charge is 2.28. The summed E-state index contributed by atoms with van der Waals surface area (Å²) in [6.07, 6.45) is 3.17. The summed E-state index contributed by atoms with van der Waals surface area (Å²) >= 11 is 15.6. The molecule has 0 saturated carbocycles. The van der Waals surface area contributed by atoms with E-state index < -0.39 is 11.7 Å². The molecule has 0 aliphatic carbocycles. The van der Waals surface area contributed by atoms with Gasteiger partial charge in [0.05, 0.1) is 27.7 Å². The second-order valence-electron chi connectivity index (χ2n) is 18.5. The molecule has 3 aromatic heterocycles. The number of fused-ring (bicyclic) bond motifs is 7. The Labute approximate surface area is 461 Å². The van der Waals surface area contributed by atoms with Gasteiger partial charge in [0.2, 0.25) is 5.88 Å². The van der Waals surface area contributed by atoms with Crippen LogP contribution in [0.3, 0.4) is 0 Å². The topological polar surface area (TPSA) is 145 Å². The normalized spacial score (nSPS) is 13.7. The van der Waals surface area contributed by atoms with Crippen LogP contribution in [0.25, 0.3) is 43.2 Å². The fraction of sp³-hybridized carbons (Fsp3) is 0.397. The molecule has 2 N–H and O–H groups in total. The average Bonchev–Trinajstić information content (AvgIpc) is 3.87. The van der Waals surface area contributed by atoms with E-state index in [9.17, 15) is 9.18 Å². The van der Waals surface area contributed by atoms with E-state index in [0.717, 1.165) is 49.5 Å². The Morgan fingerprint density at radius 1 is 0.776 bits per heavy atom. The number of ether oxygens (including phenoxy) is 5. The fourth-order valence-electron chi connectivity index (χ4n) is 8.14. The molecule has 0 spiro atoms. The Balaban J connectivity index is 0.000000701. The van der Waals surface area contributed by atoms with Crippen molar-refractivity contribution in [2.75, 3.05) is 78.5 Å². The van der Waals surface area contributed by atoms with Crippen molar-refractivity contribution in [3.05, 3.63) is 124 Å². The number of alkyl carbamates (subject to hydrolysis) is 1. The Bertz CT molecular complexity index is 2960. The highest BCUT2D eigenvalue weighted by molar-refractivity contribution is 7.22. The van der Waals surface area contributed by atoms with Crippen LogP contribution < -0.4 is 29.6 Å². The number of carbonyl (C=O) groups is 1. The molecule has 0 radical (unpaired) electrons. The molecule has 4 bridgehead atoms. The third-order valence-electron chi connectivity index (χ3n) is 11.9. The van der Waals surface area contributed by atoms with Gasteiger partial charge in [-0.15, -0.1) is 11.3 Å². The molecular formula is C58H71Cl2FN8O6S. The zero-order chi connectivity index (χ0) is 54.9. The summed E-state index contributed by atoms with van der Waals surface area (Å²) in [7, 11) is 4.35. The van der Waals surface area contributed by atoms with E-state index in [4.69, 9.17) is 51.9 Å². The van der Waals surface area contributed by atoms with Gasteiger partial charge < -0.3 is 44.1 Å². The smallest absolute Gasteiger partial charge is 0.407 e. The number of carbonyl (C=O) groups excluding carboxylic acids is 1. The number of thiophene rings is 1. The SMILES string of the molecule is CC.CC.CN1CCN(C)CC1.Cc1c(Cl)c2c(Cl)c(C)c1-c1c(-c3ccc(F)cc3)sc3ncnc(c13)OCCc1cc(ccc1OCc1ccnc(-c3ccc(NCCNC(=O)OC(C)(C)C)cc3)n1)OCCO2. The molecule has 7 aromatic rings. The molecule has 1 saturated heterocycles. The lowest BCUT2D eigenvalue weighted by atomic mass is 9.92. The van der Waals surface area contributed by atoms with Gasteiger partial charge in [-0.05, 0) is 132 Å². The Hall–Kier alpha value is -6.30. The monoisotopic (exact) mass is 1100 g/mol. The van der Waals surface area contributed by atoms with Crippen LogP contribution in [0, 0.1) is 19.7 Å². The molecule has 6 heterocycles. The van der Waals surface area contributed by atoms with Crippen molar-refractivity contribution in [1.29, 1.82) is 0 Å². The van der Waals surface area contributed by atoms with E-state index in [1.54, 1.807) is 18.3 Å². The molecule has 1 amide bonds. The minimum Gasteiger partial charge on any atom is -0.490 e. The number of nitrogens with one attached hydrogen (secondary N) is 2. The lowest BCUT2D eigenvalue weighted by molar-refractivity contribution is 0.0530. The van der Waals surface area contributed by atoms with Gasteiger partial charge in [0.15, 0.2) is 11.6 Å². The molecule has 3 aliphatic heterocycles. The first kappa shape index (κ1) is 59.0. The van der Waals surface area contributed by atoms with Crippen LogP contribution >= 0.6 is 34.5 Å². The summed E-state index contributed by atoms with van der Waals surface area (Å²) in [6.45, 7) is 24.0. The zero-order valence-corrected chi connectivity index (χ0v) is 47.9. The number of hydrogen-bond acceptors (Lipinski definition) is 14. The van der Waals surface area contributed by atoms with Crippen molar-refractivity contribution < 1.29 is 32.9 Å². The highest BCUT2D eigenvalue weighted by Crippen LogP contribution is 2.52. The number of anilines is 1. The molecule has 10 rings (SSSR count). The van der Waals surface area contributed by atoms with Crippen LogP contribution in [0.5, 0.6) is 23.1 Å². The quantitative estimate of drug-likeness (QED) is 0.132. The number of rotatable bonds is 9. The molecule has 1 fully saturated rings. The molecule has 76 heavy (non-hydrogen) atoms. The summed E-state index contributed by atoms with van der Waals surface area (Å²) < 4.78 is 44.8. The number of amides is 1. The van der Waals surface area contributed by atoms with E-state index in [2.05, 4.69) is 49.5 Å². The van der Waals surface area contributed by atoms with Crippen LogP contribution in [0.4, 0.5) is 14.9 Å². The molecule has 3 aliphatic rings. The molecule has 0 atom stereocenters. The van der Waals surface area contributed by atoms with E-state index in [0.29, 0.717) is 74.4 Å². The second kappa shape index (κ2) is 28.2. The Morgan fingerprint density at radius 3 is 2.08 bits per heavy atom. The molecule has 406 valence electrons. The van der Waals surface area contributed by atoms with Crippen molar-refractivity contribution in [2.24, 2.45) is 0 Å². The van der Waals surface area contributed by atoms with Crippen LogP contribution in [0.15, 0.2) is 85.3 Å². The third kappa shape index (κ3) is 15.7. The largest absolute Gasteiger partial charge is 0.490 e. The number of aromatic nitrogens is 4. The first-order valence-corrected chi connectivity index (χ1v) is 27.4. The molecule has 14 nitrogen and oxygen atoms in total. The zero-order valence-electron chi connectivity index (χ0n) is 45.5. The maximum absolute atomic E-state index is 14.2. The lowest BCUT2D eigenvalue weighted by Gasteiger charge is -2.28. The standard InChI is InChI=1S/C48H45Cl2FN6O6S.C6H14N2.2C2H6/c1-27-37-28(2)41(50)42(40(27)49)60-23-22-59-35-14-15-36(31(24-35)17-21-61-45-39-38(37)43(64-46(39)56-26-55-45)29-6-10-32(51)11-7-29)62-25-34-16-18-53-44(57-34)30-8-12-33(13-9-30)52-19-20-54-47(58)63-48(3,4)5;1-7-3-5-8(2)6-4-7;2*1-2/h6-16,18,24,26,52H,17,19-23,25H2,1-5H3,(H,54,58);3-6H2,1-2H3;2*1-2H3. The number of halogens is 3. The number of benzene rings is 4. The predicted octanol–water partition coefficient (Wildman–Crippen LogP) is 13.4. The number of hydrogen-bond donors (Lipinski definition) is 2. The van der Waals surface area contributed by atoms with Crippen LogP contribution in [0.2, 0.25) is 10.0 Å². The van der Waals surface area contributed by atoms with Gasteiger partial charge >= 0.3 is 6.09 Å². The summed E-state index contributed by atoms with van der Waals surface area (Å²) in [4.78, 5) is 36.8. The van der Waals surface area contributed by atoms with Crippen molar-refractivity contribution in [2.45, 2.75) is 80.9 Å². The van der Waals surface area contributed by atoms with Crippen LogP contribution in [-0.4, -0.2) is 115 Å². The minimum atomic E-state index is -0.553. The predicted molar refractivity (Wildman–Crippen MR) is 307 cm³/mol. The Morgan fingerprint density at radius 2 is 1.42 bits per heavy atom.